The standard InChI is InChI=1S/C10H15NO2/c1-2-3-4-7-11-8-5-6-9(11)10(12)13/h5-6,8H,2-4,7H2,1H3,(H,12,13). The highest BCUT2D eigenvalue weighted by Crippen LogP contribution is 2.05. The predicted molar refractivity (Wildman–Crippen MR) is 50.9 cm³/mol. The second kappa shape index (κ2) is 4.70. The van der Waals surface area contributed by atoms with Crippen molar-refractivity contribution in [2.45, 2.75) is 32.7 Å². The molecular weight excluding hydrogens is 166 g/mol. The Morgan fingerprint density at radius 3 is 2.92 bits per heavy atom. The molecule has 0 spiro atoms. The largest absolute Gasteiger partial charge is 0.477 e. The van der Waals surface area contributed by atoms with Gasteiger partial charge in [-0.2, -0.15) is 0 Å². The molecule has 0 saturated carbocycles. The fourth-order valence-electron chi connectivity index (χ4n) is 1.34. The van der Waals surface area contributed by atoms with Crippen molar-refractivity contribution in [3.8, 4) is 0 Å². The lowest BCUT2D eigenvalue weighted by atomic mass is 10.2. The molecule has 0 aliphatic carbocycles. The molecule has 0 aliphatic rings. The number of unbranched alkanes of at least 4 members (excludes halogenated alkanes) is 2. The predicted octanol–water partition coefficient (Wildman–Crippen LogP) is 2.38. The van der Waals surface area contributed by atoms with Crippen LogP contribution in [-0.2, 0) is 6.54 Å². The van der Waals surface area contributed by atoms with E-state index in [0.29, 0.717) is 5.69 Å². The lowest BCUT2D eigenvalue weighted by Gasteiger charge is -2.04. The third kappa shape index (κ3) is 2.61. The molecule has 1 aromatic heterocycles. The minimum absolute atomic E-state index is 0.385. The number of aryl methyl sites for hydroxylation is 1. The summed E-state index contributed by atoms with van der Waals surface area (Å²) in [5.41, 5.74) is 0.385. The van der Waals surface area contributed by atoms with Crippen LogP contribution in [-0.4, -0.2) is 15.6 Å². The van der Waals surface area contributed by atoms with Crippen LogP contribution in [0.5, 0.6) is 0 Å². The van der Waals surface area contributed by atoms with Gasteiger partial charge < -0.3 is 9.67 Å². The van der Waals surface area contributed by atoms with Gasteiger partial charge in [-0.1, -0.05) is 19.8 Å². The Labute approximate surface area is 78.0 Å². The summed E-state index contributed by atoms with van der Waals surface area (Å²) in [6.07, 6.45) is 5.17. The first-order valence-electron chi connectivity index (χ1n) is 4.64. The third-order valence-corrected chi connectivity index (χ3v) is 2.05. The quantitative estimate of drug-likeness (QED) is 0.708. The number of hydrogen-bond acceptors (Lipinski definition) is 1. The average Bonchev–Trinajstić information content (AvgIpc) is 2.53. The fourth-order valence-corrected chi connectivity index (χ4v) is 1.34. The van der Waals surface area contributed by atoms with Crippen LogP contribution in [0.15, 0.2) is 18.3 Å². The van der Waals surface area contributed by atoms with Gasteiger partial charge in [-0.25, -0.2) is 4.79 Å². The lowest BCUT2D eigenvalue weighted by Crippen LogP contribution is -2.07. The van der Waals surface area contributed by atoms with Crippen LogP contribution in [0.25, 0.3) is 0 Å². The van der Waals surface area contributed by atoms with Crippen LogP contribution in [0, 0.1) is 0 Å². The molecule has 0 atom stereocenters. The number of aromatic nitrogens is 1. The van der Waals surface area contributed by atoms with Gasteiger partial charge in [-0.05, 0) is 18.6 Å². The Bertz CT molecular complexity index is 278. The van der Waals surface area contributed by atoms with Gasteiger partial charge in [0.1, 0.15) is 5.69 Å². The summed E-state index contributed by atoms with van der Waals surface area (Å²) in [4.78, 5) is 10.7. The van der Waals surface area contributed by atoms with Crippen molar-refractivity contribution in [1.82, 2.24) is 4.57 Å². The monoisotopic (exact) mass is 181 g/mol. The maximum atomic E-state index is 10.7. The fraction of sp³-hybridized carbons (Fsp3) is 0.500. The molecule has 0 aliphatic heterocycles. The lowest BCUT2D eigenvalue weighted by molar-refractivity contribution is 0.0685. The molecule has 3 nitrogen and oxygen atoms in total. The highest BCUT2D eigenvalue weighted by atomic mass is 16.4. The number of carboxylic acids is 1. The van der Waals surface area contributed by atoms with E-state index in [0.717, 1.165) is 25.8 Å². The van der Waals surface area contributed by atoms with Gasteiger partial charge in [0.2, 0.25) is 0 Å². The van der Waals surface area contributed by atoms with Gasteiger partial charge in [-0.15, -0.1) is 0 Å². The summed E-state index contributed by atoms with van der Waals surface area (Å²) in [5.74, 6) is -0.846. The molecule has 1 heterocycles. The normalized spacial score (nSPS) is 10.2. The second-order valence-corrected chi connectivity index (χ2v) is 3.10. The molecule has 0 unspecified atom stereocenters. The number of carboxylic acid groups (broad SMARTS) is 1. The van der Waals surface area contributed by atoms with Gasteiger partial charge in [0.15, 0.2) is 0 Å². The number of aromatic carboxylic acids is 1. The number of carbonyl (C=O) groups is 1. The molecule has 13 heavy (non-hydrogen) atoms. The highest BCUT2D eigenvalue weighted by molar-refractivity contribution is 5.85. The molecule has 1 rings (SSSR count). The van der Waals surface area contributed by atoms with Crippen LogP contribution in [0.3, 0.4) is 0 Å². The van der Waals surface area contributed by atoms with Gasteiger partial charge in [0.05, 0.1) is 0 Å². The van der Waals surface area contributed by atoms with E-state index in [1.165, 1.54) is 0 Å². The van der Waals surface area contributed by atoms with Gasteiger partial charge in [-0.3, -0.25) is 0 Å². The van der Waals surface area contributed by atoms with Crippen molar-refractivity contribution < 1.29 is 9.90 Å². The topological polar surface area (TPSA) is 42.2 Å². The maximum absolute atomic E-state index is 10.7. The van der Waals surface area contributed by atoms with E-state index in [1.54, 1.807) is 16.7 Å². The first kappa shape index (κ1) is 9.84. The van der Waals surface area contributed by atoms with Gasteiger partial charge >= 0.3 is 5.97 Å². The Morgan fingerprint density at radius 1 is 1.54 bits per heavy atom. The van der Waals surface area contributed by atoms with Gasteiger partial charge in [0.25, 0.3) is 0 Å². The molecule has 0 amide bonds. The maximum Gasteiger partial charge on any atom is 0.352 e. The van der Waals surface area contributed by atoms with Gasteiger partial charge in [0, 0.05) is 12.7 Å². The zero-order valence-corrected chi connectivity index (χ0v) is 7.86. The summed E-state index contributed by atoms with van der Waals surface area (Å²) < 4.78 is 1.79. The summed E-state index contributed by atoms with van der Waals surface area (Å²) >= 11 is 0. The van der Waals surface area contributed by atoms with Crippen molar-refractivity contribution in [3.05, 3.63) is 24.0 Å². The molecule has 1 aromatic rings. The van der Waals surface area contributed by atoms with E-state index >= 15 is 0 Å². The van der Waals surface area contributed by atoms with Crippen molar-refractivity contribution in [2.75, 3.05) is 0 Å². The van der Waals surface area contributed by atoms with Crippen LogP contribution < -0.4 is 0 Å². The first-order chi connectivity index (χ1) is 6.25. The first-order valence-corrected chi connectivity index (χ1v) is 4.64. The molecule has 0 radical (unpaired) electrons. The molecule has 3 heteroatoms. The van der Waals surface area contributed by atoms with Crippen molar-refractivity contribution in [2.24, 2.45) is 0 Å². The molecule has 0 saturated heterocycles. The molecule has 72 valence electrons. The van der Waals surface area contributed by atoms with Crippen LogP contribution >= 0.6 is 0 Å². The van der Waals surface area contributed by atoms with E-state index in [9.17, 15) is 4.79 Å². The third-order valence-electron chi connectivity index (χ3n) is 2.05. The van der Waals surface area contributed by atoms with Crippen molar-refractivity contribution in [3.63, 3.8) is 0 Å². The summed E-state index contributed by atoms with van der Waals surface area (Å²) in [6.45, 7) is 2.94. The average molecular weight is 181 g/mol. The zero-order valence-electron chi connectivity index (χ0n) is 7.86. The van der Waals surface area contributed by atoms with Crippen molar-refractivity contribution in [1.29, 1.82) is 0 Å². The van der Waals surface area contributed by atoms with Crippen LogP contribution in [0.1, 0.15) is 36.7 Å². The minimum atomic E-state index is -0.846. The molecular formula is C10H15NO2. The van der Waals surface area contributed by atoms with E-state index < -0.39 is 5.97 Å². The summed E-state index contributed by atoms with van der Waals surface area (Å²) in [7, 11) is 0. The summed E-state index contributed by atoms with van der Waals surface area (Å²) in [5, 5.41) is 8.79. The SMILES string of the molecule is CCCCCn1cccc1C(=O)O. The van der Waals surface area contributed by atoms with E-state index in [2.05, 4.69) is 6.92 Å². The highest BCUT2D eigenvalue weighted by Gasteiger charge is 2.06. The Morgan fingerprint density at radius 2 is 2.31 bits per heavy atom. The van der Waals surface area contributed by atoms with E-state index in [1.807, 2.05) is 6.20 Å². The Balaban J connectivity index is 2.55. The van der Waals surface area contributed by atoms with Crippen LogP contribution in [0.2, 0.25) is 0 Å². The molecule has 0 aromatic carbocycles. The number of nitrogens with zero attached hydrogens (tertiary/aromatic N) is 1. The van der Waals surface area contributed by atoms with E-state index in [4.69, 9.17) is 5.11 Å². The van der Waals surface area contributed by atoms with Crippen molar-refractivity contribution >= 4 is 5.97 Å². The zero-order chi connectivity index (χ0) is 9.68. The minimum Gasteiger partial charge on any atom is -0.477 e. The molecule has 0 bridgehead atoms. The second-order valence-electron chi connectivity index (χ2n) is 3.10. The molecule has 1 N–H and O–H groups in total. The van der Waals surface area contributed by atoms with E-state index in [-0.39, 0.29) is 0 Å². The van der Waals surface area contributed by atoms with Crippen LogP contribution in [0.4, 0.5) is 0 Å². The Kier molecular flexibility index (Phi) is 3.55. The Hall–Kier alpha value is -1.25. The number of hydrogen-bond donors (Lipinski definition) is 1. The molecule has 0 fully saturated rings. The smallest absolute Gasteiger partial charge is 0.352 e. The summed E-state index contributed by atoms with van der Waals surface area (Å²) in [6, 6.07) is 3.41. The number of rotatable bonds is 5.